The second-order valence-corrected chi connectivity index (χ2v) is 17.6. The summed E-state index contributed by atoms with van der Waals surface area (Å²) in [5.74, 6) is 0. The van der Waals surface area contributed by atoms with E-state index >= 15 is 0 Å². The normalized spacial score (nSPS) is 13.6. The second-order valence-electron chi connectivity index (χ2n) is 17.6. The highest BCUT2D eigenvalue weighted by molar-refractivity contribution is 7.01. The first-order valence-corrected chi connectivity index (χ1v) is 22.7. The highest BCUT2D eigenvalue weighted by Gasteiger charge is 2.53. The summed E-state index contributed by atoms with van der Waals surface area (Å²) in [6, 6.07) is 89.9. The van der Waals surface area contributed by atoms with Crippen LogP contribution in [0, 0.1) is 0 Å². The summed E-state index contributed by atoms with van der Waals surface area (Å²) in [4.78, 5) is 5.26. The molecule has 0 unspecified atom stereocenters. The summed E-state index contributed by atoms with van der Waals surface area (Å²) < 4.78 is 0. The minimum absolute atomic E-state index is 0.00369. The lowest BCUT2D eigenvalue weighted by Gasteiger charge is -2.51. The summed E-state index contributed by atoms with van der Waals surface area (Å²) in [6.45, 7) is 2.46. The molecule has 304 valence electrons. The van der Waals surface area contributed by atoms with Crippen LogP contribution in [0.3, 0.4) is 0 Å². The molecule has 0 saturated carbocycles. The van der Waals surface area contributed by atoms with Crippen LogP contribution in [0.5, 0.6) is 0 Å². The molecule has 3 aliphatic rings. The molecular weight excluding hydrogens is 784 g/mol. The summed E-state index contributed by atoms with van der Waals surface area (Å²) in [6.07, 6.45) is 0. The largest absolute Gasteiger partial charge is 0.310 e. The Bertz CT molecular complexity index is 3120. The number of nitrogens with zero attached hydrogens (tertiary/aromatic N) is 2. The van der Waals surface area contributed by atoms with Crippen LogP contribution < -0.4 is 26.2 Å². The Balaban J connectivity index is 1.20. The van der Waals surface area contributed by atoms with Gasteiger partial charge < -0.3 is 9.80 Å². The fourth-order valence-electron chi connectivity index (χ4n) is 11.6. The van der Waals surface area contributed by atoms with Gasteiger partial charge >= 0.3 is 0 Å². The lowest BCUT2D eigenvalue weighted by Crippen LogP contribution is -2.67. The molecule has 0 aromatic heterocycles. The van der Waals surface area contributed by atoms with E-state index in [1.54, 1.807) is 0 Å². The van der Waals surface area contributed by atoms with Gasteiger partial charge in [-0.25, -0.2) is 0 Å². The molecule has 10 aromatic rings. The van der Waals surface area contributed by atoms with Crippen molar-refractivity contribution >= 4 is 57.2 Å². The molecule has 65 heavy (non-hydrogen) atoms. The van der Waals surface area contributed by atoms with Gasteiger partial charge in [-0.2, -0.15) is 0 Å². The van der Waals surface area contributed by atoms with E-state index in [4.69, 9.17) is 0 Å². The van der Waals surface area contributed by atoms with Gasteiger partial charge in [-0.05, 0) is 86.5 Å². The Kier molecular flexibility index (Phi) is 8.48. The molecule has 0 spiro atoms. The van der Waals surface area contributed by atoms with Crippen molar-refractivity contribution in [1.82, 2.24) is 0 Å². The van der Waals surface area contributed by atoms with Crippen molar-refractivity contribution in [3.8, 4) is 44.5 Å². The smallest absolute Gasteiger partial charge is 0.252 e. The van der Waals surface area contributed by atoms with Gasteiger partial charge in [-0.15, -0.1) is 0 Å². The molecule has 0 amide bonds. The van der Waals surface area contributed by atoms with Crippen LogP contribution in [0.2, 0.25) is 0 Å². The zero-order valence-electron chi connectivity index (χ0n) is 36.1. The number of hydrogen-bond donors (Lipinski definition) is 0. The maximum absolute atomic E-state index is 2.63. The topological polar surface area (TPSA) is 6.48 Å². The third-order valence-corrected chi connectivity index (χ3v) is 14.3. The minimum Gasteiger partial charge on any atom is -0.310 e. The Labute approximate surface area is 381 Å². The number of rotatable bonds is 7. The van der Waals surface area contributed by atoms with E-state index in [2.05, 4.69) is 259 Å². The predicted molar refractivity (Wildman–Crippen MR) is 274 cm³/mol. The SMILES string of the molecule is CC1(c2ccccc2)c2cccc3c2B2c4c(cccc4N(c4c(-c5ccccc5)cccc4-c4ccccc4)c4cccc1c42)N3c1c(-c2ccccc2)cccc1-c1ccccc1. The van der Waals surface area contributed by atoms with Crippen molar-refractivity contribution in [3.63, 3.8) is 0 Å². The highest BCUT2D eigenvalue weighted by Crippen LogP contribution is 2.55. The molecule has 0 N–H and O–H groups in total. The number of benzene rings is 10. The van der Waals surface area contributed by atoms with Gasteiger partial charge in [0.05, 0.1) is 11.4 Å². The monoisotopic (exact) mass is 826 g/mol. The van der Waals surface area contributed by atoms with Gasteiger partial charge in [0.2, 0.25) is 0 Å². The Morgan fingerprint density at radius 3 is 0.938 bits per heavy atom. The Morgan fingerprint density at radius 2 is 0.585 bits per heavy atom. The van der Waals surface area contributed by atoms with Gasteiger partial charge in [0.1, 0.15) is 0 Å². The van der Waals surface area contributed by atoms with Gasteiger partial charge in [-0.3, -0.25) is 0 Å². The number of para-hydroxylation sites is 2. The Morgan fingerprint density at radius 1 is 0.292 bits per heavy atom. The second kappa shape index (κ2) is 14.7. The van der Waals surface area contributed by atoms with E-state index in [-0.39, 0.29) is 6.71 Å². The molecule has 10 aromatic carbocycles. The van der Waals surface area contributed by atoms with E-state index in [0.717, 1.165) is 0 Å². The van der Waals surface area contributed by atoms with E-state index in [1.165, 1.54) is 112 Å². The molecule has 0 aliphatic carbocycles. The third-order valence-electron chi connectivity index (χ3n) is 14.3. The standard InChI is InChI=1S/C62H43BN2/c1-62(46-30-15-6-16-31-46)51-36-19-38-53-57(51)63-58-52(62)37-20-39-54(58)65(61-49(44-26-11-4-12-27-44)34-18-35-50(61)45-28-13-5-14-29-45)56-41-21-40-55(59(56)63)64(53)60-47(42-22-7-2-8-23-42)32-17-33-48(60)43-24-9-3-10-25-43/h2-41H,1H3. The van der Waals surface area contributed by atoms with Crippen LogP contribution in [0.15, 0.2) is 243 Å². The molecule has 0 saturated heterocycles. The van der Waals surface area contributed by atoms with Crippen molar-refractivity contribution in [2.24, 2.45) is 0 Å². The lowest BCUT2D eigenvalue weighted by atomic mass is 9.28. The summed E-state index contributed by atoms with van der Waals surface area (Å²) in [5, 5.41) is 0. The third kappa shape index (κ3) is 5.49. The highest BCUT2D eigenvalue weighted by atomic mass is 15.2. The minimum atomic E-state index is -0.460. The van der Waals surface area contributed by atoms with Crippen LogP contribution in [-0.4, -0.2) is 6.71 Å². The molecule has 3 heteroatoms. The quantitative estimate of drug-likeness (QED) is 0.148. The molecule has 0 atom stereocenters. The van der Waals surface area contributed by atoms with E-state index in [9.17, 15) is 0 Å². The van der Waals surface area contributed by atoms with Crippen molar-refractivity contribution in [3.05, 3.63) is 259 Å². The maximum Gasteiger partial charge on any atom is 0.252 e. The van der Waals surface area contributed by atoms with E-state index in [0.29, 0.717) is 0 Å². The summed E-state index contributed by atoms with van der Waals surface area (Å²) in [5.41, 5.74) is 24.3. The fourth-order valence-corrected chi connectivity index (χ4v) is 11.6. The first-order chi connectivity index (χ1) is 32.2. The van der Waals surface area contributed by atoms with E-state index < -0.39 is 5.41 Å². The molecule has 0 bridgehead atoms. The number of hydrogen-bond acceptors (Lipinski definition) is 2. The summed E-state index contributed by atoms with van der Waals surface area (Å²) in [7, 11) is 0. The molecule has 3 heterocycles. The van der Waals surface area contributed by atoms with Crippen molar-refractivity contribution in [2.75, 3.05) is 9.80 Å². The van der Waals surface area contributed by atoms with Gasteiger partial charge in [-0.1, -0.05) is 218 Å². The summed E-state index contributed by atoms with van der Waals surface area (Å²) >= 11 is 0. The van der Waals surface area contributed by atoms with E-state index in [1.807, 2.05) is 0 Å². The first-order valence-electron chi connectivity index (χ1n) is 22.7. The predicted octanol–water partition coefficient (Wildman–Crippen LogP) is 14.1. The molecule has 0 radical (unpaired) electrons. The van der Waals surface area contributed by atoms with Crippen molar-refractivity contribution in [1.29, 1.82) is 0 Å². The molecule has 3 aliphatic heterocycles. The van der Waals surface area contributed by atoms with Crippen molar-refractivity contribution in [2.45, 2.75) is 12.3 Å². The molecule has 2 nitrogen and oxygen atoms in total. The number of anilines is 6. The Hall–Kier alpha value is -8.14. The zero-order chi connectivity index (χ0) is 43.1. The fraction of sp³-hybridized carbons (Fsp3) is 0.0323. The maximum atomic E-state index is 2.63. The lowest BCUT2D eigenvalue weighted by molar-refractivity contribution is 0.697. The van der Waals surface area contributed by atoms with Crippen LogP contribution >= 0.6 is 0 Å². The molecule has 13 rings (SSSR count). The van der Waals surface area contributed by atoms with Gasteiger partial charge in [0, 0.05) is 50.4 Å². The van der Waals surface area contributed by atoms with Crippen LogP contribution in [0.4, 0.5) is 34.1 Å². The van der Waals surface area contributed by atoms with Crippen LogP contribution in [0.1, 0.15) is 23.6 Å². The van der Waals surface area contributed by atoms with Crippen molar-refractivity contribution < 1.29 is 0 Å². The van der Waals surface area contributed by atoms with Crippen LogP contribution in [0.25, 0.3) is 44.5 Å². The average molecular weight is 827 g/mol. The molecular formula is C62H43BN2. The van der Waals surface area contributed by atoms with Gasteiger partial charge in [0.25, 0.3) is 6.71 Å². The van der Waals surface area contributed by atoms with Gasteiger partial charge in [0.15, 0.2) is 0 Å². The zero-order valence-corrected chi connectivity index (χ0v) is 36.1. The van der Waals surface area contributed by atoms with Crippen LogP contribution in [-0.2, 0) is 5.41 Å². The average Bonchev–Trinajstić information content (AvgIpc) is 3.39. The molecule has 0 fully saturated rings. The first kappa shape index (κ1) is 37.4.